The average Bonchev–Trinajstić information content (AvgIpc) is 2.87. The quantitative estimate of drug-likeness (QED) is 0.848. The number of methoxy groups -OCH3 is 1. The van der Waals surface area contributed by atoms with E-state index in [0.29, 0.717) is 18.9 Å². The predicted octanol–water partition coefficient (Wildman–Crippen LogP) is 4.03. The van der Waals surface area contributed by atoms with Crippen LogP contribution in [0, 0.1) is 16.7 Å². The summed E-state index contributed by atoms with van der Waals surface area (Å²) in [5.41, 5.74) is 2.24. The van der Waals surface area contributed by atoms with Gasteiger partial charge in [0.15, 0.2) is 0 Å². The second kappa shape index (κ2) is 5.67. The van der Waals surface area contributed by atoms with E-state index in [1.54, 1.807) is 7.11 Å². The molecule has 2 saturated carbocycles. The second-order valence-corrected chi connectivity index (χ2v) is 8.02. The molecule has 6 atom stereocenters. The molecule has 3 heteroatoms. The van der Waals surface area contributed by atoms with Crippen molar-refractivity contribution < 1.29 is 14.2 Å². The van der Waals surface area contributed by atoms with Crippen molar-refractivity contribution in [1.82, 2.24) is 0 Å². The first-order chi connectivity index (χ1) is 11.6. The highest BCUT2D eigenvalue weighted by Gasteiger charge is 2.65. The average molecular weight is 330 g/mol. The van der Waals surface area contributed by atoms with E-state index >= 15 is 0 Å². The summed E-state index contributed by atoms with van der Waals surface area (Å²) >= 11 is 0. The maximum absolute atomic E-state index is 14.6. The summed E-state index contributed by atoms with van der Waals surface area (Å²) in [6.07, 6.45) is 4.23. The Labute approximate surface area is 143 Å². The Hall–Kier alpha value is -1.19. The van der Waals surface area contributed by atoms with Crippen molar-refractivity contribution in [3.63, 3.8) is 0 Å². The predicted molar refractivity (Wildman–Crippen MR) is 92.7 cm³/mol. The van der Waals surface area contributed by atoms with Gasteiger partial charge in [0.1, 0.15) is 6.17 Å². The Balaban J connectivity index is 1.83. The van der Waals surface area contributed by atoms with Crippen molar-refractivity contribution in [2.75, 3.05) is 13.7 Å². The maximum Gasteiger partial charge on any atom is 0.127 e. The van der Waals surface area contributed by atoms with Gasteiger partial charge in [-0.1, -0.05) is 30.3 Å². The van der Waals surface area contributed by atoms with Crippen LogP contribution in [-0.4, -0.2) is 31.1 Å². The number of ether oxygens (including phenoxy) is 1. The zero-order valence-corrected chi connectivity index (χ0v) is 14.4. The summed E-state index contributed by atoms with van der Waals surface area (Å²) in [5.74, 6) is 0.479. The Morgan fingerprint density at radius 3 is 2.92 bits per heavy atom. The summed E-state index contributed by atoms with van der Waals surface area (Å²) in [6, 6.07) is 8.67. The fourth-order valence-corrected chi connectivity index (χ4v) is 6.32. The molecule has 0 radical (unpaired) electrons. The maximum atomic E-state index is 14.6. The van der Waals surface area contributed by atoms with E-state index in [4.69, 9.17) is 4.74 Å². The first kappa shape index (κ1) is 16.3. The number of rotatable bonds is 3. The van der Waals surface area contributed by atoms with E-state index in [0.717, 1.165) is 25.7 Å². The van der Waals surface area contributed by atoms with Crippen molar-refractivity contribution in [1.29, 1.82) is 0 Å². The molecule has 1 N–H and O–H groups in total. The van der Waals surface area contributed by atoms with E-state index in [-0.39, 0.29) is 11.3 Å². The highest BCUT2D eigenvalue weighted by atomic mass is 19.1. The molecule has 1 aromatic rings. The van der Waals surface area contributed by atoms with Crippen molar-refractivity contribution in [3.05, 3.63) is 48.0 Å². The van der Waals surface area contributed by atoms with Gasteiger partial charge in [0, 0.05) is 12.5 Å². The molecule has 0 spiro atoms. The molecule has 3 aliphatic carbocycles. The van der Waals surface area contributed by atoms with Crippen LogP contribution in [0.1, 0.15) is 42.7 Å². The Bertz CT molecular complexity index is 644. The first-order valence-corrected chi connectivity index (χ1v) is 9.11. The van der Waals surface area contributed by atoms with Crippen LogP contribution in [0.3, 0.4) is 0 Å². The van der Waals surface area contributed by atoms with Crippen LogP contribution in [0.5, 0.6) is 0 Å². The molecule has 0 aromatic heterocycles. The zero-order valence-electron chi connectivity index (χ0n) is 14.4. The highest BCUT2D eigenvalue weighted by molar-refractivity contribution is 5.39. The SMILES string of the molecule is C=C[C@@]12CCc3ccccc3[C@H]1CC[C@]1(COC)[C@@H](O)[C@H](F)C[C@@H]21. The molecule has 0 unspecified atom stereocenters. The van der Waals surface area contributed by atoms with Gasteiger partial charge in [-0.3, -0.25) is 0 Å². The minimum Gasteiger partial charge on any atom is -0.389 e. The van der Waals surface area contributed by atoms with E-state index in [2.05, 4.69) is 36.9 Å². The molecule has 3 aliphatic rings. The van der Waals surface area contributed by atoms with Crippen molar-refractivity contribution in [3.8, 4) is 0 Å². The number of benzene rings is 1. The van der Waals surface area contributed by atoms with Crippen LogP contribution in [0.2, 0.25) is 0 Å². The smallest absolute Gasteiger partial charge is 0.127 e. The third-order valence-corrected chi connectivity index (χ3v) is 7.33. The molecular weight excluding hydrogens is 303 g/mol. The van der Waals surface area contributed by atoms with Gasteiger partial charge in [0.2, 0.25) is 0 Å². The Morgan fingerprint density at radius 2 is 2.17 bits per heavy atom. The first-order valence-electron chi connectivity index (χ1n) is 9.11. The van der Waals surface area contributed by atoms with Gasteiger partial charge < -0.3 is 9.84 Å². The fourth-order valence-electron chi connectivity index (χ4n) is 6.32. The summed E-state index contributed by atoms with van der Waals surface area (Å²) < 4.78 is 20.1. The number of hydrogen-bond acceptors (Lipinski definition) is 2. The Kier molecular flexibility index (Phi) is 3.85. The van der Waals surface area contributed by atoms with Crippen molar-refractivity contribution in [2.45, 2.75) is 50.3 Å². The third-order valence-electron chi connectivity index (χ3n) is 7.33. The largest absolute Gasteiger partial charge is 0.389 e. The molecule has 2 nitrogen and oxygen atoms in total. The van der Waals surface area contributed by atoms with Gasteiger partial charge in [-0.2, -0.15) is 0 Å². The van der Waals surface area contributed by atoms with Crippen molar-refractivity contribution in [2.24, 2.45) is 16.7 Å². The van der Waals surface area contributed by atoms with Gasteiger partial charge in [0.25, 0.3) is 0 Å². The number of alkyl halides is 1. The molecule has 24 heavy (non-hydrogen) atoms. The van der Waals surface area contributed by atoms with Crippen LogP contribution < -0.4 is 0 Å². The summed E-state index contributed by atoms with van der Waals surface area (Å²) in [5, 5.41) is 10.7. The van der Waals surface area contributed by atoms with Crippen LogP contribution in [0.25, 0.3) is 0 Å². The third kappa shape index (κ3) is 1.94. The van der Waals surface area contributed by atoms with Crippen LogP contribution >= 0.6 is 0 Å². The molecule has 130 valence electrons. The molecular formula is C21H27FO2. The van der Waals surface area contributed by atoms with E-state index in [1.165, 1.54) is 11.1 Å². The summed E-state index contributed by atoms with van der Waals surface area (Å²) in [4.78, 5) is 0. The standard InChI is InChI=1S/C21H27FO2/c1-3-20-10-8-14-6-4-5-7-15(14)16(20)9-11-21(13-24-2)18(20)12-17(22)19(21)23/h3-7,16-19,23H,1,8-13H2,2H3/t16-,17-,18+,19+,20-,21-/m1/s1. The lowest BCUT2D eigenvalue weighted by Crippen LogP contribution is -2.54. The number of hydrogen-bond donors (Lipinski definition) is 1. The topological polar surface area (TPSA) is 29.5 Å². The van der Waals surface area contributed by atoms with Crippen molar-refractivity contribution >= 4 is 0 Å². The molecule has 0 bridgehead atoms. The summed E-state index contributed by atoms with van der Waals surface area (Å²) in [7, 11) is 1.66. The molecule has 1 aromatic carbocycles. The number of halogens is 1. The number of aryl methyl sites for hydroxylation is 1. The molecule has 0 heterocycles. The monoisotopic (exact) mass is 330 g/mol. The number of aliphatic hydroxyl groups excluding tert-OH is 1. The summed E-state index contributed by atoms with van der Waals surface area (Å²) in [6.45, 7) is 4.62. The molecule has 0 aliphatic heterocycles. The lowest BCUT2D eigenvalue weighted by Gasteiger charge is -2.57. The van der Waals surface area contributed by atoms with E-state index in [9.17, 15) is 9.50 Å². The van der Waals surface area contributed by atoms with Gasteiger partial charge in [0.05, 0.1) is 12.7 Å². The van der Waals surface area contributed by atoms with Gasteiger partial charge in [-0.25, -0.2) is 4.39 Å². The molecule has 0 saturated heterocycles. The minimum atomic E-state index is -1.15. The molecule has 0 amide bonds. The van der Waals surface area contributed by atoms with Gasteiger partial charge in [-0.05, 0) is 60.5 Å². The normalized spacial score (nSPS) is 43.6. The van der Waals surface area contributed by atoms with E-state index in [1.807, 2.05) is 0 Å². The highest BCUT2D eigenvalue weighted by Crippen LogP contribution is 2.67. The minimum absolute atomic E-state index is 0.0968. The fraction of sp³-hybridized carbons (Fsp3) is 0.619. The zero-order chi connectivity index (χ0) is 16.9. The lowest BCUT2D eigenvalue weighted by molar-refractivity contribution is -0.108. The van der Waals surface area contributed by atoms with Crippen LogP contribution in [-0.2, 0) is 11.2 Å². The molecule has 4 rings (SSSR count). The molecule has 2 fully saturated rings. The van der Waals surface area contributed by atoms with Crippen LogP contribution in [0.4, 0.5) is 4.39 Å². The number of aliphatic hydroxyl groups is 1. The number of allylic oxidation sites excluding steroid dienone is 1. The number of fused-ring (bicyclic) bond motifs is 5. The lowest BCUT2D eigenvalue weighted by atomic mass is 9.47. The van der Waals surface area contributed by atoms with Crippen LogP contribution in [0.15, 0.2) is 36.9 Å². The Morgan fingerprint density at radius 1 is 1.38 bits per heavy atom. The van der Waals surface area contributed by atoms with Gasteiger partial charge in [-0.15, -0.1) is 6.58 Å². The van der Waals surface area contributed by atoms with Gasteiger partial charge >= 0.3 is 0 Å². The van der Waals surface area contributed by atoms with E-state index < -0.39 is 17.7 Å². The second-order valence-electron chi connectivity index (χ2n) is 8.02.